The molecule has 0 atom stereocenters. The number of nitrogens with one attached hydrogen (secondary N) is 1. The van der Waals surface area contributed by atoms with Crippen molar-refractivity contribution >= 4 is 28.3 Å². The summed E-state index contributed by atoms with van der Waals surface area (Å²) < 4.78 is 23.3. The molecule has 0 aliphatic heterocycles. The molecule has 1 amide bonds. The fraction of sp³-hybridized carbons (Fsp3) is 0.167. The first-order valence-corrected chi connectivity index (χ1v) is 8.70. The summed E-state index contributed by atoms with van der Waals surface area (Å²) in [4.78, 5) is 27.9. The van der Waals surface area contributed by atoms with Crippen LogP contribution in [-0.2, 0) is 16.0 Å². The number of esters is 1. The Hall–Kier alpha value is -3.00. The first-order valence-electron chi connectivity index (χ1n) is 7.82. The zero-order valence-electron chi connectivity index (χ0n) is 13.8. The molecule has 6 nitrogen and oxygen atoms in total. The number of benzene rings is 1. The minimum absolute atomic E-state index is 0.0513. The molecule has 0 aliphatic carbocycles. The summed E-state index contributed by atoms with van der Waals surface area (Å²) in [6, 6.07) is 8.94. The van der Waals surface area contributed by atoms with Gasteiger partial charge in [0.25, 0.3) is 5.91 Å². The monoisotopic (exact) mass is 374 g/mol. The number of thiazole rings is 1. The predicted octanol–water partition coefficient (Wildman–Crippen LogP) is 3.90. The van der Waals surface area contributed by atoms with Crippen LogP contribution in [0.3, 0.4) is 0 Å². The third-order valence-electron chi connectivity index (χ3n) is 3.36. The van der Waals surface area contributed by atoms with Gasteiger partial charge in [-0.15, -0.1) is 11.3 Å². The number of ether oxygens (including phenoxy) is 1. The van der Waals surface area contributed by atoms with Crippen molar-refractivity contribution in [1.82, 2.24) is 4.98 Å². The highest BCUT2D eigenvalue weighted by atomic mass is 32.1. The van der Waals surface area contributed by atoms with Crippen molar-refractivity contribution in [2.24, 2.45) is 0 Å². The van der Waals surface area contributed by atoms with Crippen LogP contribution in [-0.4, -0.2) is 23.5 Å². The minimum atomic E-state index is -0.463. The summed E-state index contributed by atoms with van der Waals surface area (Å²) in [5, 5.41) is 4.66. The molecule has 2 aromatic heterocycles. The Kier molecular flexibility index (Phi) is 5.43. The fourth-order valence-corrected chi connectivity index (χ4v) is 2.90. The Morgan fingerprint density at radius 1 is 1.23 bits per heavy atom. The number of halogens is 1. The van der Waals surface area contributed by atoms with Gasteiger partial charge in [-0.05, 0) is 43.3 Å². The number of anilines is 1. The van der Waals surface area contributed by atoms with E-state index in [2.05, 4.69) is 10.3 Å². The van der Waals surface area contributed by atoms with Crippen LogP contribution >= 0.6 is 11.3 Å². The van der Waals surface area contributed by atoms with E-state index >= 15 is 0 Å². The summed E-state index contributed by atoms with van der Waals surface area (Å²) in [6.45, 7) is 2.04. The number of carbonyl (C=O) groups excluding carboxylic acids is 2. The molecule has 0 bridgehead atoms. The van der Waals surface area contributed by atoms with Gasteiger partial charge in [0.05, 0.1) is 18.7 Å². The van der Waals surface area contributed by atoms with Crippen molar-refractivity contribution in [3.05, 3.63) is 59.0 Å². The van der Waals surface area contributed by atoms with Crippen LogP contribution < -0.4 is 5.32 Å². The summed E-state index contributed by atoms with van der Waals surface area (Å²) in [5.74, 6) is -0.620. The lowest BCUT2D eigenvalue weighted by Gasteiger charge is -2.00. The number of rotatable bonds is 6. The lowest BCUT2D eigenvalue weighted by atomic mass is 10.2. The SMILES string of the molecule is CCOC(=O)Cc1csc(NC(=O)c2ccc(-c3ccc(F)cc3)o2)n1. The second-order valence-electron chi connectivity index (χ2n) is 5.25. The summed E-state index contributed by atoms with van der Waals surface area (Å²) in [5.41, 5.74) is 1.19. The highest BCUT2D eigenvalue weighted by Gasteiger charge is 2.15. The Bertz CT molecular complexity index is 917. The Labute approximate surface area is 152 Å². The smallest absolute Gasteiger partial charge is 0.311 e. The molecule has 3 rings (SSSR count). The fourth-order valence-electron chi connectivity index (χ4n) is 2.19. The highest BCUT2D eigenvalue weighted by molar-refractivity contribution is 7.14. The number of hydrogen-bond donors (Lipinski definition) is 1. The number of hydrogen-bond acceptors (Lipinski definition) is 6. The zero-order valence-corrected chi connectivity index (χ0v) is 14.6. The maximum Gasteiger partial charge on any atom is 0.311 e. The number of furan rings is 1. The molecule has 3 aromatic rings. The lowest BCUT2D eigenvalue weighted by molar-refractivity contribution is -0.142. The first-order chi connectivity index (χ1) is 12.5. The maximum absolute atomic E-state index is 13.0. The van der Waals surface area contributed by atoms with Crippen molar-refractivity contribution in [2.75, 3.05) is 11.9 Å². The number of carbonyl (C=O) groups is 2. The minimum Gasteiger partial charge on any atom is -0.466 e. The van der Waals surface area contributed by atoms with Crippen LogP contribution in [0.5, 0.6) is 0 Å². The second-order valence-corrected chi connectivity index (χ2v) is 6.11. The standard InChI is InChI=1S/C18H15FN2O4S/c1-2-24-16(22)9-13-10-26-18(20-13)21-17(23)15-8-7-14(25-15)11-3-5-12(19)6-4-11/h3-8,10H,2,9H2,1H3,(H,20,21,23). The molecule has 8 heteroatoms. The van der Waals surface area contributed by atoms with Gasteiger partial charge in [-0.25, -0.2) is 9.37 Å². The van der Waals surface area contributed by atoms with Crippen LogP contribution in [0.2, 0.25) is 0 Å². The average Bonchev–Trinajstić information content (AvgIpc) is 3.25. The maximum atomic E-state index is 13.0. The summed E-state index contributed by atoms with van der Waals surface area (Å²) in [6.07, 6.45) is 0.0513. The molecular weight excluding hydrogens is 359 g/mol. The van der Waals surface area contributed by atoms with E-state index in [1.165, 1.54) is 29.5 Å². The molecule has 0 unspecified atom stereocenters. The number of aromatic nitrogens is 1. The molecule has 1 aromatic carbocycles. The third-order valence-corrected chi connectivity index (χ3v) is 4.17. The lowest BCUT2D eigenvalue weighted by Crippen LogP contribution is -2.11. The zero-order chi connectivity index (χ0) is 18.5. The van der Waals surface area contributed by atoms with E-state index in [-0.39, 0.29) is 24.0 Å². The van der Waals surface area contributed by atoms with E-state index in [9.17, 15) is 14.0 Å². The van der Waals surface area contributed by atoms with Crippen molar-refractivity contribution in [2.45, 2.75) is 13.3 Å². The van der Waals surface area contributed by atoms with Crippen molar-refractivity contribution in [1.29, 1.82) is 0 Å². The van der Waals surface area contributed by atoms with Gasteiger partial charge in [-0.1, -0.05) is 0 Å². The Morgan fingerprint density at radius 3 is 2.73 bits per heavy atom. The molecule has 0 radical (unpaired) electrons. The van der Waals surface area contributed by atoms with E-state index in [4.69, 9.17) is 9.15 Å². The third kappa shape index (κ3) is 4.34. The molecule has 0 aliphatic rings. The largest absolute Gasteiger partial charge is 0.466 e. The molecule has 26 heavy (non-hydrogen) atoms. The predicted molar refractivity (Wildman–Crippen MR) is 94.5 cm³/mol. The Balaban J connectivity index is 1.64. The van der Waals surface area contributed by atoms with Crippen LogP contribution in [0.25, 0.3) is 11.3 Å². The second kappa shape index (κ2) is 7.92. The van der Waals surface area contributed by atoms with E-state index in [0.29, 0.717) is 28.8 Å². The topological polar surface area (TPSA) is 81.4 Å². The van der Waals surface area contributed by atoms with Gasteiger partial charge in [0.1, 0.15) is 11.6 Å². The van der Waals surface area contributed by atoms with Gasteiger partial charge in [0.2, 0.25) is 0 Å². The van der Waals surface area contributed by atoms with Crippen molar-refractivity contribution in [3.8, 4) is 11.3 Å². The van der Waals surface area contributed by atoms with Crippen molar-refractivity contribution in [3.63, 3.8) is 0 Å². The van der Waals surface area contributed by atoms with Gasteiger partial charge >= 0.3 is 5.97 Å². The first kappa shape index (κ1) is 17.8. The van der Waals surface area contributed by atoms with Crippen molar-refractivity contribution < 1.29 is 23.1 Å². The quantitative estimate of drug-likeness (QED) is 0.662. The molecule has 2 heterocycles. The molecule has 0 saturated heterocycles. The van der Waals surface area contributed by atoms with Crippen LogP contribution in [0.4, 0.5) is 9.52 Å². The normalized spacial score (nSPS) is 10.5. The van der Waals surface area contributed by atoms with Crippen LogP contribution in [0.1, 0.15) is 23.2 Å². The number of nitrogens with zero attached hydrogens (tertiary/aromatic N) is 1. The Morgan fingerprint density at radius 2 is 2.00 bits per heavy atom. The molecule has 0 fully saturated rings. The van der Waals surface area contributed by atoms with E-state index in [1.807, 2.05) is 0 Å². The summed E-state index contributed by atoms with van der Waals surface area (Å²) >= 11 is 1.20. The van der Waals surface area contributed by atoms with Gasteiger partial charge in [-0.3, -0.25) is 14.9 Å². The van der Waals surface area contributed by atoms with Crippen LogP contribution in [0.15, 0.2) is 46.2 Å². The van der Waals surface area contributed by atoms with Gasteiger partial charge in [0, 0.05) is 10.9 Å². The molecule has 0 spiro atoms. The van der Waals surface area contributed by atoms with E-state index in [1.54, 1.807) is 30.5 Å². The summed E-state index contributed by atoms with van der Waals surface area (Å²) in [7, 11) is 0. The van der Waals surface area contributed by atoms with E-state index in [0.717, 1.165) is 0 Å². The highest BCUT2D eigenvalue weighted by Crippen LogP contribution is 2.23. The molecule has 1 N–H and O–H groups in total. The molecule has 0 saturated carbocycles. The van der Waals surface area contributed by atoms with Gasteiger partial charge in [0.15, 0.2) is 10.9 Å². The molecular formula is C18H15FN2O4S. The average molecular weight is 374 g/mol. The van der Waals surface area contributed by atoms with Gasteiger partial charge < -0.3 is 9.15 Å². The van der Waals surface area contributed by atoms with Gasteiger partial charge in [-0.2, -0.15) is 0 Å². The van der Waals surface area contributed by atoms with Crippen LogP contribution in [0, 0.1) is 5.82 Å². The molecule has 134 valence electrons. The van der Waals surface area contributed by atoms with E-state index < -0.39 is 5.91 Å². The number of amides is 1.